The zero-order valence-corrected chi connectivity index (χ0v) is 15.9. The summed E-state index contributed by atoms with van der Waals surface area (Å²) in [6, 6.07) is 8.80. The Hall–Kier alpha value is -1.72. The molecule has 1 aliphatic carbocycles. The molecule has 1 heterocycles. The highest BCUT2D eigenvalue weighted by molar-refractivity contribution is 5.54. The Morgan fingerprint density at radius 3 is 2.52 bits per heavy atom. The summed E-state index contributed by atoms with van der Waals surface area (Å²) in [5, 5.41) is 7.68. The van der Waals surface area contributed by atoms with Crippen molar-refractivity contribution in [3.63, 3.8) is 0 Å². The van der Waals surface area contributed by atoms with Crippen LogP contribution in [-0.2, 0) is 11.2 Å². The average molecular weight is 343 g/mol. The molecule has 5 nitrogen and oxygen atoms in total. The van der Waals surface area contributed by atoms with Crippen molar-refractivity contribution >= 4 is 0 Å². The molecule has 1 N–H and O–H groups in total. The van der Waals surface area contributed by atoms with E-state index < -0.39 is 0 Å². The Labute approximate surface area is 150 Å². The van der Waals surface area contributed by atoms with Gasteiger partial charge in [0.1, 0.15) is 0 Å². The van der Waals surface area contributed by atoms with Crippen molar-refractivity contribution in [2.75, 3.05) is 0 Å². The molecule has 25 heavy (non-hydrogen) atoms. The second-order valence-corrected chi connectivity index (χ2v) is 7.92. The quantitative estimate of drug-likeness (QED) is 0.847. The molecule has 1 aromatic heterocycles. The van der Waals surface area contributed by atoms with Crippen molar-refractivity contribution in [2.24, 2.45) is 0 Å². The van der Waals surface area contributed by atoms with Crippen LogP contribution < -0.4 is 5.32 Å². The van der Waals surface area contributed by atoms with Crippen LogP contribution >= 0.6 is 0 Å². The number of nitrogens with zero attached hydrogens (tertiary/aromatic N) is 2. The zero-order valence-electron chi connectivity index (χ0n) is 15.9. The summed E-state index contributed by atoms with van der Waals surface area (Å²) in [6.07, 6.45) is 3.43. The van der Waals surface area contributed by atoms with Crippen LogP contribution in [0.1, 0.15) is 65.0 Å². The first-order valence-electron chi connectivity index (χ1n) is 9.21. The first-order chi connectivity index (χ1) is 11.8. The molecule has 1 saturated carbocycles. The lowest BCUT2D eigenvalue weighted by Gasteiger charge is -2.40. The van der Waals surface area contributed by atoms with E-state index >= 15 is 0 Å². The zero-order chi connectivity index (χ0) is 18.0. The van der Waals surface area contributed by atoms with Crippen molar-refractivity contribution < 1.29 is 9.26 Å². The minimum absolute atomic E-state index is 0.0387. The molecule has 1 atom stereocenters. The fraction of sp³-hybridized carbons (Fsp3) is 0.600. The molecule has 3 rings (SSSR count). The normalized spacial score (nSPS) is 21.8. The van der Waals surface area contributed by atoms with E-state index in [0.717, 1.165) is 24.8 Å². The van der Waals surface area contributed by atoms with Gasteiger partial charge in [-0.1, -0.05) is 36.3 Å². The Bertz CT molecular complexity index is 682. The maximum atomic E-state index is 5.98. The number of benzene rings is 1. The second kappa shape index (κ2) is 7.26. The van der Waals surface area contributed by atoms with Gasteiger partial charge in [-0.2, -0.15) is 4.98 Å². The maximum absolute atomic E-state index is 5.98. The van der Waals surface area contributed by atoms with Crippen LogP contribution in [0.25, 0.3) is 11.4 Å². The third-order valence-corrected chi connectivity index (χ3v) is 4.53. The van der Waals surface area contributed by atoms with Gasteiger partial charge in [0.15, 0.2) is 0 Å². The fourth-order valence-corrected chi connectivity index (χ4v) is 3.14. The molecule has 1 aromatic carbocycles. The molecule has 136 valence electrons. The number of aryl methyl sites for hydroxylation is 1. The van der Waals surface area contributed by atoms with Crippen LogP contribution in [0.5, 0.6) is 0 Å². The summed E-state index contributed by atoms with van der Waals surface area (Å²) >= 11 is 0. The molecule has 0 aliphatic heterocycles. The van der Waals surface area contributed by atoms with Crippen LogP contribution in [0.3, 0.4) is 0 Å². The molecular formula is C20H29N3O2. The third kappa shape index (κ3) is 4.67. The number of nitrogens with one attached hydrogen (secondary N) is 1. The standard InChI is InChI=1S/C20H29N3O2/c1-6-14-7-9-15(10-8-14)18-22-19(25-23-18)13(2)21-16-11-17(12-16)24-20(3,4)5/h7-10,13,16-17,21H,6,11-12H2,1-5H3. The Balaban J connectivity index is 1.54. The molecule has 5 heteroatoms. The summed E-state index contributed by atoms with van der Waals surface area (Å²) in [5.74, 6) is 1.28. The number of aromatic nitrogens is 2. The SMILES string of the molecule is CCc1ccc(-c2noc(C(C)NC3CC(OC(C)(C)C)C3)n2)cc1. The van der Waals surface area contributed by atoms with E-state index in [4.69, 9.17) is 9.26 Å². The monoisotopic (exact) mass is 343 g/mol. The van der Waals surface area contributed by atoms with Gasteiger partial charge < -0.3 is 14.6 Å². The summed E-state index contributed by atoms with van der Waals surface area (Å²) < 4.78 is 11.4. The number of rotatable bonds is 6. The lowest BCUT2D eigenvalue weighted by atomic mass is 9.88. The van der Waals surface area contributed by atoms with Crippen molar-refractivity contribution in [3.8, 4) is 11.4 Å². The van der Waals surface area contributed by atoms with E-state index in [9.17, 15) is 0 Å². The topological polar surface area (TPSA) is 60.2 Å². The van der Waals surface area contributed by atoms with Crippen molar-refractivity contribution in [2.45, 2.75) is 77.7 Å². The van der Waals surface area contributed by atoms with Crippen molar-refractivity contribution in [1.82, 2.24) is 15.5 Å². The third-order valence-electron chi connectivity index (χ3n) is 4.53. The van der Waals surface area contributed by atoms with Crippen LogP contribution in [0, 0.1) is 0 Å². The highest BCUT2D eigenvalue weighted by atomic mass is 16.5. The van der Waals surface area contributed by atoms with Gasteiger partial charge in [-0.25, -0.2) is 0 Å². The first-order valence-corrected chi connectivity index (χ1v) is 9.21. The maximum Gasteiger partial charge on any atom is 0.243 e. The van der Waals surface area contributed by atoms with Crippen molar-refractivity contribution in [1.29, 1.82) is 0 Å². The van der Waals surface area contributed by atoms with E-state index in [1.165, 1.54) is 5.56 Å². The smallest absolute Gasteiger partial charge is 0.243 e. The fourth-order valence-electron chi connectivity index (χ4n) is 3.14. The van der Waals surface area contributed by atoms with Crippen LogP contribution in [0.4, 0.5) is 0 Å². The highest BCUT2D eigenvalue weighted by Crippen LogP contribution is 2.29. The molecule has 0 amide bonds. The van der Waals surface area contributed by atoms with E-state index in [0.29, 0.717) is 23.9 Å². The van der Waals surface area contributed by atoms with Crippen LogP contribution in [0.15, 0.2) is 28.8 Å². The number of hydrogen-bond donors (Lipinski definition) is 1. The Morgan fingerprint density at radius 1 is 1.24 bits per heavy atom. The molecule has 1 fully saturated rings. The Morgan fingerprint density at radius 2 is 1.92 bits per heavy atom. The summed E-state index contributed by atoms with van der Waals surface area (Å²) in [5.41, 5.74) is 2.22. The molecule has 0 saturated heterocycles. The number of ether oxygens (including phenoxy) is 1. The minimum Gasteiger partial charge on any atom is -0.373 e. The van der Waals surface area contributed by atoms with Gasteiger partial charge in [0.25, 0.3) is 0 Å². The Kier molecular flexibility index (Phi) is 5.25. The van der Waals surface area contributed by atoms with E-state index in [1.807, 2.05) is 12.1 Å². The predicted octanol–water partition coefficient (Wildman–Crippen LogP) is 4.30. The molecule has 1 unspecified atom stereocenters. The van der Waals surface area contributed by atoms with Gasteiger partial charge in [0.05, 0.1) is 17.7 Å². The minimum atomic E-state index is -0.0734. The lowest BCUT2D eigenvalue weighted by molar-refractivity contribution is -0.103. The first kappa shape index (κ1) is 18.1. The molecule has 0 bridgehead atoms. The van der Waals surface area contributed by atoms with Gasteiger partial charge in [0.2, 0.25) is 11.7 Å². The van der Waals surface area contributed by atoms with Gasteiger partial charge in [-0.15, -0.1) is 0 Å². The van der Waals surface area contributed by atoms with Crippen LogP contribution in [0.2, 0.25) is 0 Å². The molecule has 0 spiro atoms. The molecule has 1 aliphatic rings. The van der Waals surface area contributed by atoms with Gasteiger partial charge >= 0.3 is 0 Å². The predicted molar refractivity (Wildman–Crippen MR) is 98.3 cm³/mol. The van der Waals surface area contributed by atoms with Crippen molar-refractivity contribution in [3.05, 3.63) is 35.7 Å². The summed E-state index contributed by atoms with van der Waals surface area (Å²) in [7, 11) is 0. The van der Waals surface area contributed by atoms with E-state index in [1.54, 1.807) is 0 Å². The summed E-state index contributed by atoms with van der Waals surface area (Å²) in [4.78, 5) is 4.55. The van der Waals surface area contributed by atoms with E-state index in [-0.39, 0.29) is 11.6 Å². The molecular weight excluding hydrogens is 314 g/mol. The van der Waals surface area contributed by atoms with Crippen LogP contribution in [-0.4, -0.2) is 27.9 Å². The van der Waals surface area contributed by atoms with Gasteiger partial charge in [-0.05, 0) is 52.5 Å². The number of hydrogen-bond acceptors (Lipinski definition) is 5. The second-order valence-electron chi connectivity index (χ2n) is 7.92. The molecule has 2 aromatic rings. The van der Waals surface area contributed by atoms with Gasteiger partial charge in [-0.3, -0.25) is 0 Å². The average Bonchev–Trinajstić information content (AvgIpc) is 3.01. The highest BCUT2D eigenvalue weighted by Gasteiger charge is 2.34. The van der Waals surface area contributed by atoms with E-state index in [2.05, 4.69) is 62.2 Å². The molecule has 0 radical (unpaired) electrons. The van der Waals surface area contributed by atoms with Gasteiger partial charge in [0, 0.05) is 11.6 Å². The summed E-state index contributed by atoms with van der Waals surface area (Å²) in [6.45, 7) is 10.5. The largest absolute Gasteiger partial charge is 0.373 e. The lowest BCUT2D eigenvalue weighted by Crippen LogP contribution is -2.48.